The molecule has 7 heteroatoms. The number of nitrogens with one attached hydrogen (secondary N) is 2. The first-order valence-corrected chi connectivity index (χ1v) is 7.82. The average Bonchev–Trinajstić information content (AvgIpc) is 2.98. The van der Waals surface area contributed by atoms with E-state index in [-0.39, 0.29) is 0 Å². The molecule has 0 aliphatic carbocycles. The molecule has 2 heterocycles. The summed E-state index contributed by atoms with van der Waals surface area (Å²) in [6, 6.07) is 0. The summed E-state index contributed by atoms with van der Waals surface area (Å²) in [7, 11) is 3.87. The molecule has 1 aliphatic rings. The number of nitrogens with zero attached hydrogens (tertiary/aromatic N) is 5. The Bertz CT molecular complexity index is 429. The van der Waals surface area contributed by atoms with E-state index in [1.165, 1.54) is 25.9 Å². The second-order valence-corrected chi connectivity index (χ2v) is 5.58. The Morgan fingerprint density at radius 1 is 1.00 bits per heavy atom. The lowest BCUT2D eigenvalue weighted by molar-refractivity contribution is 0.352. The monoisotopic (exact) mass is 293 g/mol. The van der Waals surface area contributed by atoms with Gasteiger partial charge < -0.3 is 20.4 Å². The molecular formula is C14H27N7. The number of anilines is 3. The van der Waals surface area contributed by atoms with Gasteiger partial charge in [0.1, 0.15) is 0 Å². The summed E-state index contributed by atoms with van der Waals surface area (Å²) in [6.45, 7) is 7.32. The minimum absolute atomic E-state index is 0.638. The second kappa shape index (κ2) is 7.97. The number of aromatic nitrogens is 3. The van der Waals surface area contributed by atoms with Crippen LogP contribution in [0.1, 0.15) is 26.2 Å². The van der Waals surface area contributed by atoms with Crippen molar-refractivity contribution in [3.8, 4) is 0 Å². The fraction of sp³-hybridized carbons (Fsp3) is 0.786. The lowest BCUT2D eigenvalue weighted by Crippen LogP contribution is -2.26. The molecule has 1 aliphatic heterocycles. The van der Waals surface area contributed by atoms with Gasteiger partial charge in [-0.25, -0.2) is 0 Å². The summed E-state index contributed by atoms with van der Waals surface area (Å²) in [6.07, 6.45) is 3.68. The summed E-state index contributed by atoms with van der Waals surface area (Å²) in [5, 5.41) is 6.54. The number of rotatable bonds is 8. The zero-order valence-electron chi connectivity index (χ0n) is 13.4. The van der Waals surface area contributed by atoms with Crippen LogP contribution in [0.15, 0.2) is 0 Å². The van der Waals surface area contributed by atoms with Gasteiger partial charge in [0, 0.05) is 33.7 Å². The summed E-state index contributed by atoms with van der Waals surface area (Å²) in [5.74, 6) is 1.96. The Kier molecular flexibility index (Phi) is 5.98. The van der Waals surface area contributed by atoms with E-state index in [0.29, 0.717) is 17.8 Å². The summed E-state index contributed by atoms with van der Waals surface area (Å²) in [4.78, 5) is 17.6. The largest absolute Gasteiger partial charge is 0.354 e. The van der Waals surface area contributed by atoms with Crippen LogP contribution in [0.3, 0.4) is 0 Å². The minimum atomic E-state index is 0.638. The predicted molar refractivity (Wildman–Crippen MR) is 87.1 cm³/mol. The van der Waals surface area contributed by atoms with Gasteiger partial charge in [-0.1, -0.05) is 6.92 Å². The Morgan fingerprint density at radius 2 is 1.62 bits per heavy atom. The zero-order chi connectivity index (χ0) is 15.1. The van der Waals surface area contributed by atoms with Crippen LogP contribution in [0.2, 0.25) is 0 Å². The highest BCUT2D eigenvalue weighted by Gasteiger charge is 2.11. The zero-order valence-corrected chi connectivity index (χ0v) is 13.4. The molecular weight excluding hydrogens is 266 g/mol. The number of likely N-dealkylation sites (tertiary alicyclic amines) is 1. The Balaban J connectivity index is 1.93. The number of hydrogen-bond acceptors (Lipinski definition) is 7. The van der Waals surface area contributed by atoms with Crippen molar-refractivity contribution < 1.29 is 0 Å². The van der Waals surface area contributed by atoms with E-state index in [1.807, 2.05) is 19.0 Å². The molecule has 1 aromatic heterocycles. The van der Waals surface area contributed by atoms with Gasteiger partial charge in [0.2, 0.25) is 17.8 Å². The topological polar surface area (TPSA) is 69.2 Å². The van der Waals surface area contributed by atoms with Gasteiger partial charge in [-0.15, -0.1) is 0 Å². The maximum absolute atomic E-state index is 4.44. The van der Waals surface area contributed by atoms with E-state index in [9.17, 15) is 0 Å². The summed E-state index contributed by atoms with van der Waals surface area (Å²) >= 11 is 0. The van der Waals surface area contributed by atoms with Crippen molar-refractivity contribution in [3.05, 3.63) is 0 Å². The molecule has 21 heavy (non-hydrogen) atoms. The van der Waals surface area contributed by atoms with Gasteiger partial charge in [-0.3, -0.25) is 0 Å². The maximum atomic E-state index is 4.44. The first kappa shape index (κ1) is 15.8. The third-order valence-electron chi connectivity index (χ3n) is 3.47. The van der Waals surface area contributed by atoms with Crippen LogP contribution >= 0.6 is 0 Å². The van der Waals surface area contributed by atoms with Crippen molar-refractivity contribution >= 4 is 17.8 Å². The summed E-state index contributed by atoms with van der Waals surface area (Å²) in [5.41, 5.74) is 0. The van der Waals surface area contributed by atoms with Crippen LogP contribution in [-0.2, 0) is 0 Å². The molecule has 0 saturated carbocycles. The third-order valence-corrected chi connectivity index (χ3v) is 3.47. The number of hydrogen-bond donors (Lipinski definition) is 2. The van der Waals surface area contributed by atoms with Crippen LogP contribution in [0.5, 0.6) is 0 Å². The van der Waals surface area contributed by atoms with Gasteiger partial charge in [0.15, 0.2) is 0 Å². The standard InChI is InChI=1S/C14H27N7/c1-4-7-15-12-17-13(19-14(18-12)20(2)3)16-8-11-21-9-5-6-10-21/h4-11H2,1-3H3,(H2,15,16,17,18,19). The fourth-order valence-corrected chi connectivity index (χ4v) is 2.29. The maximum Gasteiger partial charge on any atom is 0.231 e. The molecule has 0 aromatic carbocycles. The van der Waals surface area contributed by atoms with Gasteiger partial charge in [-0.05, 0) is 32.4 Å². The Morgan fingerprint density at radius 3 is 2.19 bits per heavy atom. The first-order chi connectivity index (χ1) is 10.2. The van der Waals surface area contributed by atoms with Gasteiger partial charge in [0.05, 0.1) is 0 Å². The molecule has 2 N–H and O–H groups in total. The van der Waals surface area contributed by atoms with Gasteiger partial charge in [-0.2, -0.15) is 15.0 Å². The normalized spacial score (nSPS) is 15.2. The van der Waals surface area contributed by atoms with Crippen molar-refractivity contribution in [1.29, 1.82) is 0 Å². The smallest absolute Gasteiger partial charge is 0.231 e. The first-order valence-electron chi connectivity index (χ1n) is 7.82. The van der Waals surface area contributed by atoms with E-state index in [4.69, 9.17) is 0 Å². The van der Waals surface area contributed by atoms with Gasteiger partial charge in [0.25, 0.3) is 0 Å². The Hall–Kier alpha value is -1.63. The quantitative estimate of drug-likeness (QED) is 0.748. The highest BCUT2D eigenvalue weighted by atomic mass is 15.3. The molecule has 0 radical (unpaired) electrons. The minimum Gasteiger partial charge on any atom is -0.354 e. The summed E-state index contributed by atoms with van der Waals surface area (Å²) < 4.78 is 0. The van der Waals surface area contributed by atoms with Crippen LogP contribution in [0.4, 0.5) is 17.8 Å². The lowest BCUT2D eigenvalue weighted by Gasteiger charge is -2.16. The van der Waals surface area contributed by atoms with Crippen molar-refractivity contribution in [2.24, 2.45) is 0 Å². The molecule has 1 fully saturated rings. The third kappa shape index (κ3) is 5.00. The second-order valence-electron chi connectivity index (χ2n) is 5.58. The van der Waals surface area contributed by atoms with E-state index in [2.05, 4.69) is 37.4 Å². The van der Waals surface area contributed by atoms with Crippen LogP contribution < -0.4 is 15.5 Å². The van der Waals surface area contributed by atoms with Crippen molar-refractivity contribution in [3.63, 3.8) is 0 Å². The van der Waals surface area contributed by atoms with Gasteiger partial charge >= 0.3 is 0 Å². The highest BCUT2D eigenvalue weighted by Crippen LogP contribution is 2.12. The van der Waals surface area contributed by atoms with Crippen LogP contribution in [0.25, 0.3) is 0 Å². The SMILES string of the molecule is CCCNc1nc(NCCN2CCCC2)nc(N(C)C)n1. The molecule has 7 nitrogen and oxygen atoms in total. The van der Waals surface area contributed by atoms with Crippen molar-refractivity contribution in [2.75, 3.05) is 62.4 Å². The molecule has 1 aromatic rings. The van der Waals surface area contributed by atoms with Crippen molar-refractivity contribution in [2.45, 2.75) is 26.2 Å². The lowest BCUT2D eigenvalue weighted by atomic mass is 10.4. The molecule has 0 amide bonds. The highest BCUT2D eigenvalue weighted by molar-refractivity contribution is 5.42. The van der Waals surface area contributed by atoms with Crippen LogP contribution in [-0.4, -0.2) is 66.7 Å². The molecule has 0 atom stereocenters. The molecule has 118 valence electrons. The molecule has 0 spiro atoms. The van der Waals surface area contributed by atoms with E-state index in [1.54, 1.807) is 0 Å². The average molecular weight is 293 g/mol. The van der Waals surface area contributed by atoms with E-state index in [0.717, 1.165) is 26.1 Å². The molecule has 1 saturated heterocycles. The molecule has 2 rings (SSSR count). The Labute approximate surface area is 127 Å². The van der Waals surface area contributed by atoms with Crippen molar-refractivity contribution in [1.82, 2.24) is 19.9 Å². The fourth-order valence-electron chi connectivity index (χ4n) is 2.29. The molecule has 0 unspecified atom stereocenters. The van der Waals surface area contributed by atoms with E-state index >= 15 is 0 Å². The van der Waals surface area contributed by atoms with Crippen LogP contribution in [0, 0.1) is 0 Å². The molecule has 0 bridgehead atoms. The predicted octanol–water partition coefficient (Wildman–Crippen LogP) is 1.27. The van der Waals surface area contributed by atoms with E-state index < -0.39 is 0 Å².